The van der Waals surface area contributed by atoms with Crippen LogP contribution in [0.2, 0.25) is 0 Å². The third kappa shape index (κ3) is 4.86. The first-order valence-corrected chi connectivity index (χ1v) is 6.85. The van der Waals surface area contributed by atoms with E-state index in [9.17, 15) is 14.3 Å². The number of aliphatic hydroxyl groups excluding tert-OH is 1. The van der Waals surface area contributed by atoms with E-state index in [1.54, 1.807) is 24.3 Å². The molecule has 0 aliphatic rings. The number of aliphatic hydroxyl groups is 1. The topological polar surface area (TPSA) is 55.8 Å². The van der Waals surface area contributed by atoms with Crippen molar-refractivity contribution in [2.45, 2.75) is 13.0 Å². The van der Waals surface area contributed by atoms with Crippen molar-refractivity contribution in [1.82, 2.24) is 0 Å². The molecule has 0 amide bonds. The first-order chi connectivity index (χ1) is 10.5. The van der Waals surface area contributed by atoms with Gasteiger partial charge in [0.05, 0.1) is 0 Å². The zero-order valence-corrected chi connectivity index (χ0v) is 12.2. The summed E-state index contributed by atoms with van der Waals surface area (Å²) in [6.45, 7) is 1.59. The van der Waals surface area contributed by atoms with E-state index < -0.39 is 6.10 Å². The number of halogens is 1. The van der Waals surface area contributed by atoms with Gasteiger partial charge in [0.15, 0.2) is 5.78 Å². The van der Waals surface area contributed by atoms with Crippen LogP contribution < -0.4 is 9.47 Å². The molecule has 2 aromatic rings. The molecule has 116 valence electrons. The van der Waals surface area contributed by atoms with Crippen LogP contribution in [-0.4, -0.2) is 30.2 Å². The molecule has 0 aliphatic carbocycles. The average Bonchev–Trinajstić information content (AvgIpc) is 2.52. The number of carbonyl (C=O) groups excluding carboxylic acids is 1. The molecule has 1 unspecified atom stereocenters. The summed E-state index contributed by atoms with van der Waals surface area (Å²) in [5.74, 6) is 0.682. The van der Waals surface area contributed by atoms with Crippen LogP contribution in [0.1, 0.15) is 17.3 Å². The van der Waals surface area contributed by atoms with Gasteiger partial charge in [-0.15, -0.1) is 0 Å². The molecule has 1 N–H and O–H groups in total. The Hall–Kier alpha value is -2.40. The van der Waals surface area contributed by atoms with E-state index in [4.69, 9.17) is 9.47 Å². The van der Waals surface area contributed by atoms with Crippen LogP contribution in [0.3, 0.4) is 0 Å². The highest BCUT2D eigenvalue weighted by molar-refractivity contribution is 5.94. The fourth-order valence-corrected chi connectivity index (χ4v) is 1.75. The lowest BCUT2D eigenvalue weighted by Crippen LogP contribution is -2.25. The summed E-state index contributed by atoms with van der Waals surface area (Å²) in [5.41, 5.74) is 0.604. The van der Waals surface area contributed by atoms with Crippen LogP contribution in [0.4, 0.5) is 4.39 Å². The van der Waals surface area contributed by atoms with Gasteiger partial charge in [0, 0.05) is 5.56 Å². The number of rotatable bonds is 7. The third-order valence-corrected chi connectivity index (χ3v) is 2.96. The molecule has 2 aromatic carbocycles. The summed E-state index contributed by atoms with van der Waals surface area (Å²) in [5, 5.41) is 9.79. The van der Waals surface area contributed by atoms with Gasteiger partial charge < -0.3 is 14.6 Å². The molecule has 4 nitrogen and oxygen atoms in total. The molecule has 1 atom stereocenters. The first kappa shape index (κ1) is 16.0. The molecule has 0 aliphatic heterocycles. The van der Waals surface area contributed by atoms with Gasteiger partial charge in [0.25, 0.3) is 0 Å². The minimum absolute atomic E-state index is 0.0146. The van der Waals surface area contributed by atoms with E-state index in [0.717, 1.165) is 0 Å². The van der Waals surface area contributed by atoms with Crippen molar-refractivity contribution in [3.05, 3.63) is 59.9 Å². The Bertz CT molecular complexity index is 608. The number of hydrogen-bond donors (Lipinski definition) is 1. The van der Waals surface area contributed by atoms with Crippen LogP contribution in [0.25, 0.3) is 0 Å². The van der Waals surface area contributed by atoms with Crippen molar-refractivity contribution < 1.29 is 23.8 Å². The Labute approximate surface area is 128 Å². The van der Waals surface area contributed by atoms with E-state index in [-0.39, 0.29) is 24.8 Å². The Morgan fingerprint density at radius 2 is 1.45 bits per heavy atom. The van der Waals surface area contributed by atoms with E-state index >= 15 is 0 Å². The summed E-state index contributed by atoms with van der Waals surface area (Å²) in [6, 6.07) is 12.2. The van der Waals surface area contributed by atoms with Gasteiger partial charge >= 0.3 is 0 Å². The number of Topliss-reactive ketones (excluding diaryl/α,β-unsaturated/α-hetero) is 1. The fourth-order valence-electron chi connectivity index (χ4n) is 1.75. The van der Waals surface area contributed by atoms with E-state index in [1.165, 1.54) is 31.2 Å². The maximum absolute atomic E-state index is 12.7. The molecular weight excluding hydrogens is 287 g/mol. The standard InChI is InChI=1S/C17H17FO4/c1-12(19)13-2-6-16(7-3-13)21-10-15(20)11-22-17-8-4-14(18)5-9-17/h2-9,15,20H,10-11H2,1H3. The maximum atomic E-state index is 12.7. The van der Waals surface area contributed by atoms with Gasteiger partial charge in [-0.05, 0) is 55.5 Å². The normalized spacial score (nSPS) is 11.8. The number of hydrogen-bond acceptors (Lipinski definition) is 4. The average molecular weight is 304 g/mol. The van der Waals surface area contributed by atoms with Crippen LogP contribution in [0.5, 0.6) is 11.5 Å². The zero-order chi connectivity index (χ0) is 15.9. The van der Waals surface area contributed by atoms with E-state index in [1.807, 2.05) is 0 Å². The number of ether oxygens (including phenoxy) is 2. The summed E-state index contributed by atoms with van der Waals surface area (Å²) in [7, 11) is 0. The van der Waals surface area contributed by atoms with Gasteiger partial charge in [-0.3, -0.25) is 4.79 Å². The molecule has 0 heterocycles. The van der Waals surface area contributed by atoms with Crippen molar-refractivity contribution >= 4 is 5.78 Å². The van der Waals surface area contributed by atoms with Crippen molar-refractivity contribution in [2.24, 2.45) is 0 Å². The van der Waals surface area contributed by atoms with Gasteiger partial charge in [-0.25, -0.2) is 4.39 Å². The highest BCUT2D eigenvalue weighted by Gasteiger charge is 2.07. The van der Waals surface area contributed by atoms with Crippen LogP contribution in [0, 0.1) is 5.82 Å². The third-order valence-electron chi connectivity index (χ3n) is 2.96. The molecule has 0 spiro atoms. The first-order valence-electron chi connectivity index (χ1n) is 6.85. The monoisotopic (exact) mass is 304 g/mol. The van der Waals surface area contributed by atoms with Gasteiger partial charge in [0.2, 0.25) is 0 Å². The molecule has 0 bridgehead atoms. The number of carbonyl (C=O) groups is 1. The van der Waals surface area contributed by atoms with Crippen LogP contribution in [-0.2, 0) is 0 Å². The second kappa shape index (κ2) is 7.56. The highest BCUT2D eigenvalue weighted by atomic mass is 19.1. The van der Waals surface area contributed by atoms with Crippen molar-refractivity contribution in [2.75, 3.05) is 13.2 Å². The van der Waals surface area contributed by atoms with Crippen molar-refractivity contribution in [1.29, 1.82) is 0 Å². The molecule has 0 radical (unpaired) electrons. The predicted molar refractivity (Wildman–Crippen MR) is 79.8 cm³/mol. The summed E-state index contributed by atoms with van der Waals surface area (Å²) in [6.07, 6.45) is -0.822. The van der Waals surface area contributed by atoms with Gasteiger partial charge in [-0.2, -0.15) is 0 Å². The summed E-state index contributed by atoms with van der Waals surface area (Å²) >= 11 is 0. The fraction of sp³-hybridized carbons (Fsp3) is 0.235. The number of ketones is 1. The van der Waals surface area contributed by atoms with Gasteiger partial charge in [-0.1, -0.05) is 0 Å². The minimum Gasteiger partial charge on any atom is -0.491 e. The van der Waals surface area contributed by atoms with E-state index in [2.05, 4.69) is 0 Å². The SMILES string of the molecule is CC(=O)c1ccc(OCC(O)COc2ccc(F)cc2)cc1. The summed E-state index contributed by atoms with van der Waals surface area (Å²) in [4.78, 5) is 11.1. The molecular formula is C17H17FO4. The highest BCUT2D eigenvalue weighted by Crippen LogP contribution is 2.14. The lowest BCUT2D eigenvalue weighted by molar-refractivity contribution is 0.0626. The second-order valence-electron chi connectivity index (χ2n) is 4.81. The zero-order valence-electron chi connectivity index (χ0n) is 12.2. The molecule has 0 saturated heterocycles. The van der Waals surface area contributed by atoms with Crippen molar-refractivity contribution in [3.8, 4) is 11.5 Å². The summed E-state index contributed by atoms with van der Waals surface area (Å²) < 4.78 is 23.5. The van der Waals surface area contributed by atoms with E-state index in [0.29, 0.717) is 17.1 Å². The van der Waals surface area contributed by atoms with Crippen LogP contribution in [0.15, 0.2) is 48.5 Å². The Morgan fingerprint density at radius 1 is 1.00 bits per heavy atom. The lowest BCUT2D eigenvalue weighted by atomic mass is 10.1. The molecule has 2 rings (SSSR count). The second-order valence-corrected chi connectivity index (χ2v) is 4.81. The molecule has 0 aromatic heterocycles. The molecule has 5 heteroatoms. The molecule has 0 fully saturated rings. The quantitative estimate of drug-likeness (QED) is 0.799. The lowest BCUT2D eigenvalue weighted by Gasteiger charge is -2.13. The molecule has 22 heavy (non-hydrogen) atoms. The number of benzene rings is 2. The Balaban J connectivity index is 1.76. The Morgan fingerprint density at radius 3 is 1.91 bits per heavy atom. The minimum atomic E-state index is -0.822. The predicted octanol–water partition coefficient (Wildman–Crippen LogP) is 2.85. The largest absolute Gasteiger partial charge is 0.491 e. The van der Waals surface area contributed by atoms with Crippen molar-refractivity contribution in [3.63, 3.8) is 0 Å². The molecule has 0 saturated carbocycles. The van der Waals surface area contributed by atoms with Crippen LogP contribution >= 0.6 is 0 Å². The maximum Gasteiger partial charge on any atom is 0.159 e. The van der Waals surface area contributed by atoms with Gasteiger partial charge in [0.1, 0.15) is 36.6 Å². The smallest absolute Gasteiger partial charge is 0.159 e. The Kier molecular flexibility index (Phi) is 5.49.